The maximum absolute atomic E-state index is 12.4. The second-order valence-corrected chi connectivity index (χ2v) is 5.84. The van der Waals surface area contributed by atoms with Crippen LogP contribution in [0.4, 0.5) is 0 Å². The van der Waals surface area contributed by atoms with Crippen molar-refractivity contribution in [1.82, 2.24) is 9.80 Å². The smallest absolute Gasteiger partial charge is 0.253 e. The standard InChI is InChI=1S/C16H22N2O2/c19-15-6-4-13(5-7-15)16(20)18-11-8-14(12-18)17-9-2-1-3-10-17/h4-7,14,19H,1-3,8-12H2. The summed E-state index contributed by atoms with van der Waals surface area (Å²) in [5.41, 5.74) is 0.669. The predicted octanol–water partition coefficient (Wildman–Crippen LogP) is 2.09. The molecular weight excluding hydrogens is 252 g/mol. The maximum Gasteiger partial charge on any atom is 0.253 e. The SMILES string of the molecule is O=C(c1ccc(O)cc1)N1CCC(N2CCCCC2)C1. The molecule has 0 radical (unpaired) electrons. The molecule has 1 unspecified atom stereocenters. The van der Waals surface area contributed by atoms with Gasteiger partial charge in [0, 0.05) is 24.7 Å². The van der Waals surface area contributed by atoms with Crippen molar-refractivity contribution in [3.05, 3.63) is 29.8 Å². The molecule has 0 aromatic heterocycles. The zero-order valence-electron chi connectivity index (χ0n) is 11.8. The van der Waals surface area contributed by atoms with E-state index < -0.39 is 0 Å². The average molecular weight is 274 g/mol. The zero-order valence-corrected chi connectivity index (χ0v) is 11.8. The molecule has 1 aromatic rings. The summed E-state index contributed by atoms with van der Waals surface area (Å²) in [6, 6.07) is 7.09. The quantitative estimate of drug-likeness (QED) is 0.898. The molecule has 4 nitrogen and oxygen atoms in total. The molecule has 3 rings (SSSR count). The first-order valence-corrected chi connectivity index (χ1v) is 7.56. The third-order valence-corrected chi connectivity index (χ3v) is 4.47. The molecule has 20 heavy (non-hydrogen) atoms. The van der Waals surface area contributed by atoms with Crippen LogP contribution in [0.15, 0.2) is 24.3 Å². The van der Waals surface area contributed by atoms with Gasteiger partial charge in [-0.05, 0) is 56.6 Å². The van der Waals surface area contributed by atoms with E-state index in [0.29, 0.717) is 11.6 Å². The van der Waals surface area contributed by atoms with Crippen molar-refractivity contribution in [2.45, 2.75) is 31.7 Å². The van der Waals surface area contributed by atoms with E-state index in [1.807, 2.05) is 4.90 Å². The first kappa shape index (κ1) is 13.4. The minimum absolute atomic E-state index is 0.0875. The molecule has 1 N–H and O–H groups in total. The molecule has 108 valence electrons. The molecule has 1 aromatic carbocycles. The number of aromatic hydroxyl groups is 1. The highest BCUT2D eigenvalue weighted by Crippen LogP contribution is 2.22. The van der Waals surface area contributed by atoms with Crippen LogP contribution < -0.4 is 0 Å². The van der Waals surface area contributed by atoms with Crippen molar-refractivity contribution in [3.8, 4) is 5.75 Å². The number of piperidine rings is 1. The number of amides is 1. The van der Waals surface area contributed by atoms with Crippen molar-refractivity contribution in [1.29, 1.82) is 0 Å². The summed E-state index contributed by atoms with van der Waals surface area (Å²) in [6.07, 6.45) is 5.02. The number of phenols is 1. The minimum atomic E-state index is 0.0875. The Morgan fingerprint density at radius 2 is 1.75 bits per heavy atom. The number of carbonyl (C=O) groups excluding carboxylic acids is 1. The van der Waals surface area contributed by atoms with Crippen LogP contribution in [0.1, 0.15) is 36.0 Å². The van der Waals surface area contributed by atoms with Gasteiger partial charge in [-0.2, -0.15) is 0 Å². The van der Waals surface area contributed by atoms with Gasteiger partial charge in [0.05, 0.1) is 0 Å². The molecule has 0 saturated carbocycles. The summed E-state index contributed by atoms with van der Waals surface area (Å²) in [4.78, 5) is 16.9. The highest BCUT2D eigenvalue weighted by molar-refractivity contribution is 5.94. The van der Waals surface area contributed by atoms with Crippen LogP contribution >= 0.6 is 0 Å². The van der Waals surface area contributed by atoms with E-state index in [9.17, 15) is 9.90 Å². The molecule has 2 saturated heterocycles. The van der Waals surface area contributed by atoms with Gasteiger partial charge in [-0.3, -0.25) is 9.69 Å². The summed E-state index contributed by atoms with van der Waals surface area (Å²) in [5.74, 6) is 0.290. The molecule has 2 fully saturated rings. The van der Waals surface area contributed by atoms with Gasteiger partial charge in [0.25, 0.3) is 5.91 Å². The Morgan fingerprint density at radius 3 is 2.45 bits per heavy atom. The number of benzene rings is 1. The summed E-state index contributed by atoms with van der Waals surface area (Å²) in [7, 11) is 0. The summed E-state index contributed by atoms with van der Waals surface area (Å²) in [5, 5.41) is 9.28. The Hall–Kier alpha value is -1.55. The summed E-state index contributed by atoms with van der Waals surface area (Å²) >= 11 is 0. The van der Waals surface area contributed by atoms with Crippen LogP contribution in [0.5, 0.6) is 5.75 Å². The monoisotopic (exact) mass is 274 g/mol. The molecule has 0 aliphatic carbocycles. The van der Waals surface area contributed by atoms with Crippen LogP contribution in [0.2, 0.25) is 0 Å². The van der Waals surface area contributed by atoms with E-state index in [4.69, 9.17) is 0 Å². The van der Waals surface area contributed by atoms with Gasteiger partial charge in [-0.25, -0.2) is 0 Å². The minimum Gasteiger partial charge on any atom is -0.508 e. The van der Waals surface area contributed by atoms with E-state index in [2.05, 4.69) is 4.90 Å². The number of likely N-dealkylation sites (tertiary alicyclic amines) is 2. The Balaban J connectivity index is 1.61. The van der Waals surface area contributed by atoms with Crippen LogP contribution in [0.25, 0.3) is 0 Å². The van der Waals surface area contributed by atoms with Crippen molar-refractivity contribution >= 4 is 5.91 Å². The van der Waals surface area contributed by atoms with Crippen molar-refractivity contribution in [3.63, 3.8) is 0 Å². The fourth-order valence-corrected chi connectivity index (χ4v) is 3.29. The second kappa shape index (κ2) is 5.83. The topological polar surface area (TPSA) is 43.8 Å². The number of hydrogen-bond acceptors (Lipinski definition) is 3. The normalized spacial score (nSPS) is 24.0. The van der Waals surface area contributed by atoms with Crippen LogP contribution in [0.3, 0.4) is 0 Å². The number of phenolic OH excluding ortho intramolecular Hbond substituents is 1. The van der Waals surface area contributed by atoms with Gasteiger partial charge < -0.3 is 10.0 Å². The molecule has 4 heteroatoms. The maximum atomic E-state index is 12.4. The van der Waals surface area contributed by atoms with E-state index in [1.54, 1.807) is 24.3 Å². The Kier molecular flexibility index (Phi) is 3.92. The highest BCUT2D eigenvalue weighted by atomic mass is 16.3. The lowest BCUT2D eigenvalue weighted by atomic mass is 10.1. The molecular formula is C16H22N2O2. The van der Waals surface area contributed by atoms with Crippen LogP contribution in [-0.2, 0) is 0 Å². The van der Waals surface area contributed by atoms with Crippen molar-refractivity contribution in [2.75, 3.05) is 26.2 Å². The van der Waals surface area contributed by atoms with Gasteiger partial charge in [0.15, 0.2) is 0 Å². The number of hydrogen-bond donors (Lipinski definition) is 1. The fraction of sp³-hybridized carbons (Fsp3) is 0.562. The fourth-order valence-electron chi connectivity index (χ4n) is 3.29. The Labute approximate surface area is 120 Å². The highest BCUT2D eigenvalue weighted by Gasteiger charge is 2.31. The van der Waals surface area contributed by atoms with Crippen molar-refractivity contribution in [2.24, 2.45) is 0 Å². The van der Waals surface area contributed by atoms with Gasteiger partial charge in [0.2, 0.25) is 0 Å². The summed E-state index contributed by atoms with van der Waals surface area (Å²) < 4.78 is 0. The van der Waals surface area contributed by atoms with Gasteiger partial charge in [-0.1, -0.05) is 6.42 Å². The lowest BCUT2D eigenvalue weighted by molar-refractivity contribution is 0.0771. The molecule has 2 heterocycles. The van der Waals surface area contributed by atoms with E-state index in [0.717, 1.165) is 19.5 Å². The molecule has 2 aliphatic rings. The van der Waals surface area contributed by atoms with Crippen LogP contribution in [0, 0.1) is 0 Å². The molecule has 2 aliphatic heterocycles. The van der Waals surface area contributed by atoms with E-state index in [1.165, 1.54) is 32.4 Å². The largest absolute Gasteiger partial charge is 0.508 e. The zero-order chi connectivity index (χ0) is 13.9. The van der Waals surface area contributed by atoms with E-state index >= 15 is 0 Å². The number of nitrogens with zero attached hydrogens (tertiary/aromatic N) is 2. The first-order chi connectivity index (χ1) is 9.74. The van der Waals surface area contributed by atoms with Gasteiger partial charge in [-0.15, -0.1) is 0 Å². The van der Waals surface area contributed by atoms with Crippen molar-refractivity contribution < 1.29 is 9.90 Å². The predicted molar refractivity (Wildman–Crippen MR) is 77.8 cm³/mol. The third kappa shape index (κ3) is 2.80. The third-order valence-electron chi connectivity index (χ3n) is 4.47. The molecule has 1 atom stereocenters. The average Bonchev–Trinajstić information content (AvgIpc) is 2.98. The van der Waals surface area contributed by atoms with Gasteiger partial charge in [0.1, 0.15) is 5.75 Å². The van der Waals surface area contributed by atoms with E-state index in [-0.39, 0.29) is 11.7 Å². The Morgan fingerprint density at radius 1 is 1.05 bits per heavy atom. The summed E-state index contributed by atoms with van der Waals surface area (Å²) in [6.45, 7) is 4.07. The Bertz CT molecular complexity index is 466. The molecule has 0 spiro atoms. The van der Waals surface area contributed by atoms with Gasteiger partial charge >= 0.3 is 0 Å². The second-order valence-electron chi connectivity index (χ2n) is 5.84. The molecule has 1 amide bonds. The molecule has 0 bridgehead atoms. The number of rotatable bonds is 2. The lowest BCUT2D eigenvalue weighted by Crippen LogP contribution is -2.41. The van der Waals surface area contributed by atoms with Crippen LogP contribution in [-0.4, -0.2) is 53.0 Å². The first-order valence-electron chi connectivity index (χ1n) is 7.56. The lowest BCUT2D eigenvalue weighted by Gasteiger charge is -2.32. The number of carbonyl (C=O) groups is 1.